The van der Waals surface area contributed by atoms with E-state index in [1.54, 1.807) is 11.8 Å². The molecule has 0 saturated carbocycles. The molecule has 1 aromatic rings. The predicted molar refractivity (Wildman–Crippen MR) is 92.7 cm³/mol. The summed E-state index contributed by atoms with van der Waals surface area (Å²) in [5, 5.41) is 21.7. The fraction of sp³-hybridized carbons (Fsp3) is 0.500. The summed E-state index contributed by atoms with van der Waals surface area (Å²) in [5.41, 5.74) is 0.176. The van der Waals surface area contributed by atoms with Gasteiger partial charge in [0, 0.05) is 37.2 Å². The number of ether oxygens (including phenoxy) is 1. The normalized spacial score (nSPS) is 14.7. The second kappa shape index (κ2) is 9.07. The van der Waals surface area contributed by atoms with Gasteiger partial charge in [0.15, 0.2) is 0 Å². The number of nitrogens with zero attached hydrogens (tertiary/aromatic N) is 1. The Bertz CT molecular complexity index is 647. The van der Waals surface area contributed by atoms with Crippen molar-refractivity contribution in [2.45, 2.75) is 38.6 Å². The molecule has 1 aliphatic rings. The zero-order chi connectivity index (χ0) is 19.1. The van der Waals surface area contributed by atoms with E-state index in [0.717, 1.165) is 6.07 Å². The van der Waals surface area contributed by atoms with Crippen LogP contribution in [0.3, 0.4) is 0 Å². The van der Waals surface area contributed by atoms with E-state index in [4.69, 9.17) is 4.74 Å². The molecule has 0 unspecified atom stereocenters. The number of phenols is 2. The van der Waals surface area contributed by atoms with Crippen LogP contribution < -0.4 is 5.32 Å². The molecule has 2 amide bonds. The van der Waals surface area contributed by atoms with E-state index in [1.165, 1.54) is 12.1 Å². The number of hydrogen-bond acceptors (Lipinski definition) is 6. The minimum atomic E-state index is -0.386. The lowest BCUT2D eigenvalue weighted by Crippen LogP contribution is -2.46. The van der Waals surface area contributed by atoms with E-state index in [1.807, 2.05) is 0 Å². The average molecular weight is 364 g/mol. The Morgan fingerprint density at radius 1 is 1.12 bits per heavy atom. The molecule has 142 valence electrons. The van der Waals surface area contributed by atoms with Gasteiger partial charge in [0.25, 0.3) is 5.91 Å². The van der Waals surface area contributed by atoms with Gasteiger partial charge < -0.3 is 25.2 Å². The van der Waals surface area contributed by atoms with Gasteiger partial charge in [0.1, 0.15) is 11.5 Å². The number of amides is 2. The van der Waals surface area contributed by atoms with Gasteiger partial charge in [0.05, 0.1) is 13.0 Å². The van der Waals surface area contributed by atoms with Crippen LogP contribution in [0.2, 0.25) is 0 Å². The molecule has 26 heavy (non-hydrogen) atoms. The molecule has 0 atom stereocenters. The molecule has 2 rings (SSSR count). The largest absolute Gasteiger partial charge is 0.508 e. The molecule has 8 nitrogen and oxygen atoms in total. The van der Waals surface area contributed by atoms with Crippen molar-refractivity contribution in [3.05, 3.63) is 23.8 Å². The highest BCUT2D eigenvalue weighted by molar-refractivity contribution is 5.95. The average Bonchev–Trinajstić information content (AvgIpc) is 2.59. The van der Waals surface area contributed by atoms with Gasteiger partial charge in [-0.3, -0.25) is 14.4 Å². The number of hydrogen-bond donors (Lipinski definition) is 3. The van der Waals surface area contributed by atoms with E-state index >= 15 is 0 Å². The standard InChI is InChI=1S/C18H24N2O6/c1-2-26-17(24)4-3-16(23)20-7-5-13(6-8-20)19-18(25)12-9-14(21)11-15(22)10-12/h9-11,13,21-22H,2-8H2,1H3,(H,19,25). The Labute approximate surface area is 151 Å². The maximum absolute atomic E-state index is 12.2. The molecular formula is C18H24N2O6. The number of nitrogens with one attached hydrogen (secondary N) is 1. The highest BCUT2D eigenvalue weighted by Gasteiger charge is 2.24. The lowest BCUT2D eigenvalue weighted by molar-refractivity contribution is -0.145. The van der Waals surface area contributed by atoms with Crippen molar-refractivity contribution in [1.29, 1.82) is 0 Å². The molecule has 1 heterocycles. The van der Waals surface area contributed by atoms with Gasteiger partial charge in [-0.1, -0.05) is 0 Å². The summed E-state index contributed by atoms with van der Waals surface area (Å²) in [6, 6.07) is 3.62. The van der Waals surface area contributed by atoms with E-state index in [0.29, 0.717) is 32.5 Å². The molecule has 0 spiro atoms. The van der Waals surface area contributed by atoms with Gasteiger partial charge in [-0.2, -0.15) is 0 Å². The highest BCUT2D eigenvalue weighted by atomic mass is 16.5. The number of likely N-dealkylation sites (tertiary alicyclic amines) is 1. The van der Waals surface area contributed by atoms with Crippen molar-refractivity contribution in [2.24, 2.45) is 0 Å². The number of carbonyl (C=O) groups excluding carboxylic acids is 3. The van der Waals surface area contributed by atoms with Crippen LogP contribution in [0, 0.1) is 0 Å². The van der Waals surface area contributed by atoms with Crippen LogP contribution >= 0.6 is 0 Å². The number of piperidine rings is 1. The first kappa shape index (κ1) is 19.6. The Kier molecular flexibility index (Phi) is 6.82. The number of rotatable bonds is 6. The van der Waals surface area contributed by atoms with Crippen LogP contribution in [-0.4, -0.2) is 58.6 Å². The second-order valence-corrected chi connectivity index (χ2v) is 6.17. The summed E-state index contributed by atoms with van der Waals surface area (Å²) >= 11 is 0. The van der Waals surface area contributed by atoms with Crippen molar-refractivity contribution < 1.29 is 29.3 Å². The van der Waals surface area contributed by atoms with Crippen LogP contribution in [-0.2, 0) is 14.3 Å². The topological polar surface area (TPSA) is 116 Å². The molecular weight excluding hydrogens is 340 g/mol. The Balaban J connectivity index is 1.78. The maximum atomic E-state index is 12.2. The van der Waals surface area contributed by atoms with Gasteiger partial charge in [-0.25, -0.2) is 0 Å². The van der Waals surface area contributed by atoms with E-state index in [9.17, 15) is 24.6 Å². The fourth-order valence-electron chi connectivity index (χ4n) is 2.87. The third-order valence-electron chi connectivity index (χ3n) is 4.20. The van der Waals surface area contributed by atoms with Gasteiger partial charge in [0.2, 0.25) is 5.91 Å². The molecule has 1 aliphatic heterocycles. The maximum Gasteiger partial charge on any atom is 0.306 e. The zero-order valence-corrected chi connectivity index (χ0v) is 14.7. The molecule has 1 aromatic carbocycles. The quantitative estimate of drug-likeness (QED) is 0.652. The van der Waals surface area contributed by atoms with Crippen molar-refractivity contribution >= 4 is 17.8 Å². The summed E-state index contributed by atoms with van der Waals surface area (Å²) in [6.45, 7) is 3.02. The van der Waals surface area contributed by atoms with Crippen molar-refractivity contribution in [1.82, 2.24) is 10.2 Å². The smallest absolute Gasteiger partial charge is 0.306 e. The first-order chi connectivity index (χ1) is 12.4. The fourth-order valence-corrected chi connectivity index (χ4v) is 2.87. The molecule has 0 aromatic heterocycles. The van der Waals surface area contributed by atoms with E-state index in [2.05, 4.69) is 5.32 Å². The van der Waals surface area contributed by atoms with Crippen molar-refractivity contribution in [3.8, 4) is 11.5 Å². The summed E-state index contributed by atoms with van der Waals surface area (Å²) in [4.78, 5) is 37.3. The van der Waals surface area contributed by atoms with Gasteiger partial charge in [-0.05, 0) is 31.9 Å². The lowest BCUT2D eigenvalue weighted by atomic mass is 10.0. The molecule has 0 radical (unpaired) electrons. The van der Waals surface area contributed by atoms with Crippen LogP contribution in [0.15, 0.2) is 18.2 Å². The number of aromatic hydroxyl groups is 2. The van der Waals surface area contributed by atoms with Crippen LogP contribution in [0.25, 0.3) is 0 Å². The minimum Gasteiger partial charge on any atom is -0.508 e. The number of phenolic OH excluding ortho intramolecular Hbond substituents is 2. The molecule has 8 heteroatoms. The first-order valence-corrected chi connectivity index (χ1v) is 8.66. The van der Waals surface area contributed by atoms with Gasteiger partial charge in [-0.15, -0.1) is 0 Å². The van der Waals surface area contributed by atoms with Crippen LogP contribution in [0.1, 0.15) is 43.0 Å². The SMILES string of the molecule is CCOC(=O)CCC(=O)N1CCC(NC(=O)c2cc(O)cc(O)c2)CC1. The first-order valence-electron chi connectivity index (χ1n) is 8.66. The second-order valence-electron chi connectivity index (χ2n) is 6.17. The highest BCUT2D eigenvalue weighted by Crippen LogP contribution is 2.21. The number of carbonyl (C=O) groups is 3. The van der Waals surface area contributed by atoms with E-state index < -0.39 is 0 Å². The summed E-state index contributed by atoms with van der Waals surface area (Å²) in [5.74, 6) is -1.23. The third kappa shape index (κ3) is 5.65. The lowest BCUT2D eigenvalue weighted by Gasteiger charge is -2.32. The number of esters is 1. The molecule has 1 fully saturated rings. The summed E-state index contributed by atoms with van der Waals surface area (Å²) < 4.78 is 4.81. The molecule has 0 aliphatic carbocycles. The summed E-state index contributed by atoms with van der Waals surface area (Å²) in [7, 11) is 0. The minimum absolute atomic E-state index is 0.0737. The van der Waals surface area contributed by atoms with E-state index in [-0.39, 0.29) is 53.7 Å². The van der Waals surface area contributed by atoms with Crippen molar-refractivity contribution in [3.63, 3.8) is 0 Å². The Morgan fingerprint density at radius 3 is 2.31 bits per heavy atom. The number of benzene rings is 1. The van der Waals surface area contributed by atoms with Crippen molar-refractivity contribution in [2.75, 3.05) is 19.7 Å². The van der Waals surface area contributed by atoms with Crippen LogP contribution in [0.4, 0.5) is 0 Å². The Morgan fingerprint density at radius 2 is 1.73 bits per heavy atom. The molecule has 1 saturated heterocycles. The van der Waals surface area contributed by atoms with Crippen LogP contribution in [0.5, 0.6) is 11.5 Å². The predicted octanol–water partition coefficient (Wildman–Crippen LogP) is 1.16. The Hall–Kier alpha value is -2.77. The summed E-state index contributed by atoms with van der Waals surface area (Å²) in [6.07, 6.45) is 1.39. The molecule has 3 N–H and O–H groups in total. The van der Waals surface area contributed by atoms with Gasteiger partial charge >= 0.3 is 5.97 Å². The third-order valence-corrected chi connectivity index (χ3v) is 4.20. The monoisotopic (exact) mass is 364 g/mol. The zero-order valence-electron chi connectivity index (χ0n) is 14.7. The molecule has 0 bridgehead atoms.